The first kappa shape index (κ1) is 14.1. The van der Waals surface area contributed by atoms with Gasteiger partial charge in [-0.05, 0) is 24.1 Å². The number of ether oxygens (including phenoxy) is 4. The van der Waals surface area contributed by atoms with Crippen LogP contribution in [-0.4, -0.2) is 38.3 Å². The SMILES string of the molecule is COc1cc(CO)ccc1OCCC1OCCCO1. The van der Waals surface area contributed by atoms with Crippen LogP contribution in [-0.2, 0) is 16.1 Å². The van der Waals surface area contributed by atoms with Crippen molar-refractivity contribution in [3.05, 3.63) is 23.8 Å². The number of benzene rings is 1. The summed E-state index contributed by atoms with van der Waals surface area (Å²) in [4.78, 5) is 0. The lowest BCUT2D eigenvalue weighted by atomic mass is 10.2. The molecule has 1 aliphatic rings. The molecule has 19 heavy (non-hydrogen) atoms. The maximum Gasteiger partial charge on any atom is 0.161 e. The average molecular weight is 268 g/mol. The van der Waals surface area contributed by atoms with E-state index in [0.29, 0.717) is 24.5 Å². The lowest BCUT2D eigenvalue weighted by Gasteiger charge is -2.23. The van der Waals surface area contributed by atoms with Gasteiger partial charge in [0.1, 0.15) is 0 Å². The van der Waals surface area contributed by atoms with Crippen LogP contribution in [0.4, 0.5) is 0 Å². The smallest absolute Gasteiger partial charge is 0.161 e. The van der Waals surface area contributed by atoms with E-state index in [0.717, 1.165) is 25.2 Å². The van der Waals surface area contributed by atoms with Crippen LogP contribution in [0.3, 0.4) is 0 Å². The number of aliphatic hydroxyl groups excluding tert-OH is 1. The highest BCUT2D eigenvalue weighted by Crippen LogP contribution is 2.28. The second-order valence-corrected chi connectivity index (χ2v) is 4.31. The van der Waals surface area contributed by atoms with Gasteiger partial charge in [-0.1, -0.05) is 6.07 Å². The Labute approximate surface area is 113 Å². The highest BCUT2D eigenvalue weighted by Gasteiger charge is 2.14. The molecule has 0 unspecified atom stereocenters. The lowest BCUT2D eigenvalue weighted by molar-refractivity contribution is -0.183. The number of methoxy groups -OCH3 is 1. The van der Waals surface area contributed by atoms with Crippen LogP contribution < -0.4 is 9.47 Å². The molecule has 1 heterocycles. The van der Waals surface area contributed by atoms with Crippen LogP contribution in [0, 0.1) is 0 Å². The molecule has 0 aromatic heterocycles. The van der Waals surface area contributed by atoms with E-state index in [1.165, 1.54) is 0 Å². The molecule has 0 saturated carbocycles. The van der Waals surface area contributed by atoms with Gasteiger partial charge in [0.05, 0.1) is 33.5 Å². The lowest BCUT2D eigenvalue weighted by Crippen LogP contribution is -2.26. The van der Waals surface area contributed by atoms with Crippen molar-refractivity contribution in [3.63, 3.8) is 0 Å². The van der Waals surface area contributed by atoms with Crippen molar-refractivity contribution >= 4 is 0 Å². The summed E-state index contributed by atoms with van der Waals surface area (Å²) < 4.78 is 21.8. The Kier molecular flexibility index (Phi) is 5.44. The van der Waals surface area contributed by atoms with E-state index in [1.54, 1.807) is 19.2 Å². The quantitative estimate of drug-likeness (QED) is 0.851. The molecule has 0 atom stereocenters. The minimum Gasteiger partial charge on any atom is -0.493 e. The van der Waals surface area contributed by atoms with E-state index in [9.17, 15) is 0 Å². The van der Waals surface area contributed by atoms with Crippen molar-refractivity contribution in [1.29, 1.82) is 0 Å². The molecule has 0 bridgehead atoms. The molecule has 1 saturated heterocycles. The van der Waals surface area contributed by atoms with Gasteiger partial charge in [-0.15, -0.1) is 0 Å². The van der Waals surface area contributed by atoms with Gasteiger partial charge >= 0.3 is 0 Å². The summed E-state index contributed by atoms with van der Waals surface area (Å²) in [7, 11) is 1.58. The molecule has 0 spiro atoms. The van der Waals surface area contributed by atoms with Crippen molar-refractivity contribution in [2.75, 3.05) is 26.9 Å². The van der Waals surface area contributed by atoms with Crippen LogP contribution >= 0.6 is 0 Å². The molecule has 0 radical (unpaired) electrons. The summed E-state index contributed by atoms with van der Waals surface area (Å²) in [5.74, 6) is 1.28. The summed E-state index contributed by atoms with van der Waals surface area (Å²) in [5.41, 5.74) is 0.795. The molecule has 1 aromatic carbocycles. The Hall–Kier alpha value is -1.30. The third-order valence-electron chi connectivity index (χ3n) is 2.92. The number of aliphatic hydroxyl groups is 1. The Balaban J connectivity index is 1.84. The van der Waals surface area contributed by atoms with Crippen molar-refractivity contribution in [1.82, 2.24) is 0 Å². The van der Waals surface area contributed by atoms with E-state index in [2.05, 4.69) is 0 Å². The maximum atomic E-state index is 9.07. The van der Waals surface area contributed by atoms with Crippen LogP contribution in [0.25, 0.3) is 0 Å². The van der Waals surface area contributed by atoms with Crippen LogP contribution in [0.2, 0.25) is 0 Å². The Morgan fingerprint density at radius 1 is 1.26 bits per heavy atom. The number of hydrogen-bond acceptors (Lipinski definition) is 5. The molecule has 0 aliphatic carbocycles. The Bertz CT molecular complexity index is 387. The van der Waals surface area contributed by atoms with Crippen molar-refractivity contribution in [3.8, 4) is 11.5 Å². The molecule has 5 heteroatoms. The predicted molar refractivity (Wildman–Crippen MR) is 69.3 cm³/mol. The molecule has 1 aliphatic heterocycles. The standard InChI is InChI=1S/C14H20O5/c1-16-13-9-11(10-15)3-4-12(13)17-8-5-14-18-6-2-7-19-14/h3-4,9,14-15H,2,5-8,10H2,1H3. The first-order valence-corrected chi connectivity index (χ1v) is 6.47. The molecule has 1 aromatic rings. The maximum absolute atomic E-state index is 9.07. The zero-order valence-electron chi connectivity index (χ0n) is 11.1. The summed E-state index contributed by atoms with van der Waals surface area (Å²) in [5, 5.41) is 9.07. The highest BCUT2D eigenvalue weighted by molar-refractivity contribution is 5.42. The summed E-state index contributed by atoms with van der Waals surface area (Å²) in [6.07, 6.45) is 1.47. The minimum absolute atomic E-state index is 0.0135. The first-order chi connectivity index (χ1) is 9.33. The summed E-state index contributed by atoms with van der Waals surface area (Å²) in [6.45, 7) is 1.98. The van der Waals surface area contributed by atoms with Crippen LogP contribution in [0.5, 0.6) is 11.5 Å². The van der Waals surface area contributed by atoms with Gasteiger partial charge < -0.3 is 24.1 Å². The number of rotatable bonds is 6. The van der Waals surface area contributed by atoms with Gasteiger partial charge in [0.15, 0.2) is 17.8 Å². The highest BCUT2D eigenvalue weighted by atomic mass is 16.7. The fourth-order valence-electron chi connectivity index (χ4n) is 1.90. The van der Waals surface area contributed by atoms with Crippen LogP contribution in [0.15, 0.2) is 18.2 Å². The topological polar surface area (TPSA) is 57.2 Å². The third-order valence-corrected chi connectivity index (χ3v) is 2.92. The fraction of sp³-hybridized carbons (Fsp3) is 0.571. The van der Waals surface area contributed by atoms with Gasteiger partial charge in [0.2, 0.25) is 0 Å². The largest absolute Gasteiger partial charge is 0.493 e. The zero-order chi connectivity index (χ0) is 13.5. The normalized spacial score (nSPS) is 16.3. The second kappa shape index (κ2) is 7.33. The first-order valence-electron chi connectivity index (χ1n) is 6.47. The van der Waals surface area contributed by atoms with Gasteiger partial charge in [-0.25, -0.2) is 0 Å². The van der Waals surface area contributed by atoms with E-state index in [4.69, 9.17) is 24.1 Å². The van der Waals surface area contributed by atoms with E-state index >= 15 is 0 Å². The van der Waals surface area contributed by atoms with Gasteiger partial charge in [0.25, 0.3) is 0 Å². The monoisotopic (exact) mass is 268 g/mol. The van der Waals surface area contributed by atoms with E-state index in [-0.39, 0.29) is 12.9 Å². The molecule has 1 N–H and O–H groups in total. The Morgan fingerprint density at radius 3 is 2.74 bits per heavy atom. The van der Waals surface area contributed by atoms with E-state index < -0.39 is 0 Å². The molecular formula is C14H20O5. The molecular weight excluding hydrogens is 248 g/mol. The van der Waals surface area contributed by atoms with Gasteiger partial charge in [0, 0.05) is 6.42 Å². The summed E-state index contributed by atoms with van der Waals surface area (Å²) >= 11 is 0. The van der Waals surface area contributed by atoms with Crippen molar-refractivity contribution in [2.24, 2.45) is 0 Å². The zero-order valence-corrected chi connectivity index (χ0v) is 11.1. The van der Waals surface area contributed by atoms with E-state index in [1.807, 2.05) is 6.07 Å². The Morgan fingerprint density at radius 2 is 2.05 bits per heavy atom. The van der Waals surface area contributed by atoms with Gasteiger partial charge in [-0.2, -0.15) is 0 Å². The number of hydrogen-bond donors (Lipinski definition) is 1. The predicted octanol–water partition coefficient (Wildman–Crippen LogP) is 1.72. The fourth-order valence-corrected chi connectivity index (χ4v) is 1.90. The minimum atomic E-state index is -0.170. The molecule has 5 nitrogen and oxygen atoms in total. The second-order valence-electron chi connectivity index (χ2n) is 4.31. The third kappa shape index (κ3) is 4.09. The van der Waals surface area contributed by atoms with Crippen molar-refractivity contribution in [2.45, 2.75) is 25.7 Å². The average Bonchev–Trinajstić information content (AvgIpc) is 2.48. The van der Waals surface area contributed by atoms with Gasteiger partial charge in [-0.3, -0.25) is 0 Å². The molecule has 2 rings (SSSR count). The van der Waals surface area contributed by atoms with Crippen molar-refractivity contribution < 1.29 is 24.1 Å². The summed E-state index contributed by atoms with van der Waals surface area (Å²) in [6, 6.07) is 5.38. The molecule has 106 valence electrons. The molecule has 0 amide bonds. The molecule has 1 fully saturated rings. The van der Waals surface area contributed by atoms with Crippen LogP contribution in [0.1, 0.15) is 18.4 Å².